The Morgan fingerprint density at radius 1 is 0.857 bits per heavy atom. The Kier molecular flexibility index (Phi) is 4.81. The Bertz CT molecular complexity index is 1180. The van der Waals surface area contributed by atoms with Crippen LogP contribution in [0, 0.1) is 0 Å². The Morgan fingerprint density at radius 3 is 2.32 bits per heavy atom. The van der Waals surface area contributed by atoms with Crippen molar-refractivity contribution in [3.63, 3.8) is 0 Å². The van der Waals surface area contributed by atoms with E-state index in [9.17, 15) is 4.79 Å². The number of methoxy groups -OCH3 is 2. The Balaban J connectivity index is 1.72. The largest absolute Gasteiger partial charge is 0.493 e. The third kappa shape index (κ3) is 3.34. The summed E-state index contributed by atoms with van der Waals surface area (Å²) in [6.07, 6.45) is 1.58. The number of rotatable bonds is 5. The van der Waals surface area contributed by atoms with Gasteiger partial charge >= 0.3 is 0 Å². The Morgan fingerprint density at radius 2 is 1.57 bits per heavy atom. The van der Waals surface area contributed by atoms with Crippen molar-refractivity contribution in [1.29, 1.82) is 0 Å². The van der Waals surface area contributed by atoms with Gasteiger partial charge in [-0.3, -0.25) is 9.36 Å². The minimum absolute atomic E-state index is 0.115. The van der Waals surface area contributed by atoms with E-state index in [-0.39, 0.29) is 5.56 Å². The number of hydrogen-bond donors (Lipinski definition) is 0. The van der Waals surface area contributed by atoms with Crippen LogP contribution in [-0.2, 0) is 6.54 Å². The summed E-state index contributed by atoms with van der Waals surface area (Å²) < 4.78 is 12.2. The smallest absolute Gasteiger partial charge is 0.261 e. The molecular formula is C23H20N2O3. The van der Waals surface area contributed by atoms with E-state index in [0.717, 1.165) is 16.7 Å². The van der Waals surface area contributed by atoms with E-state index in [1.54, 1.807) is 37.2 Å². The number of ether oxygens (including phenoxy) is 2. The Labute approximate surface area is 162 Å². The van der Waals surface area contributed by atoms with Gasteiger partial charge in [0.15, 0.2) is 11.5 Å². The lowest BCUT2D eigenvalue weighted by atomic mass is 10.0. The van der Waals surface area contributed by atoms with Crippen molar-refractivity contribution in [3.05, 3.63) is 89.0 Å². The van der Waals surface area contributed by atoms with Crippen LogP contribution in [0.25, 0.3) is 22.0 Å². The molecule has 0 aliphatic heterocycles. The molecule has 0 N–H and O–H groups in total. The van der Waals surface area contributed by atoms with Gasteiger partial charge in [0.25, 0.3) is 5.56 Å². The zero-order chi connectivity index (χ0) is 19.5. The van der Waals surface area contributed by atoms with Crippen LogP contribution in [-0.4, -0.2) is 23.8 Å². The molecule has 0 amide bonds. The van der Waals surface area contributed by atoms with Crippen molar-refractivity contribution >= 4 is 10.9 Å². The first kappa shape index (κ1) is 17.8. The average Bonchev–Trinajstić information content (AvgIpc) is 2.76. The maximum absolute atomic E-state index is 13.0. The molecular weight excluding hydrogens is 352 g/mol. The zero-order valence-electron chi connectivity index (χ0n) is 15.8. The summed E-state index contributed by atoms with van der Waals surface area (Å²) in [6.45, 7) is 0.441. The molecule has 4 aromatic rings. The lowest BCUT2D eigenvalue weighted by molar-refractivity contribution is 0.355. The highest BCUT2D eigenvalue weighted by Crippen LogP contribution is 2.29. The van der Waals surface area contributed by atoms with E-state index in [2.05, 4.69) is 29.2 Å². The zero-order valence-corrected chi connectivity index (χ0v) is 15.8. The Hall–Kier alpha value is -3.60. The van der Waals surface area contributed by atoms with Crippen molar-refractivity contribution < 1.29 is 9.47 Å². The van der Waals surface area contributed by atoms with Crippen LogP contribution in [0.4, 0.5) is 0 Å². The van der Waals surface area contributed by atoms with Gasteiger partial charge in [0.2, 0.25) is 0 Å². The number of hydrogen-bond acceptors (Lipinski definition) is 4. The second kappa shape index (κ2) is 7.56. The van der Waals surface area contributed by atoms with E-state index >= 15 is 0 Å². The molecule has 4 rings (SSSR count). The molecule has 0 unspecified atom stereocenters. The van der Waals surface area contributed by atoms with Gasteiger partial charge < -0.3 is 9.47 Å². The SMILES string of the molecule is COc1cc2ncn(Cc3cccc(-c4ccccc4)c3)c(=O)c2cc1OC. The monoisotopic (exact) mass is 372 g/mol. The van der Waals surface area contributed by atoms with Gasteiger partial charge in [-0.05, 0) is 28.8 Å². The lowest BCUT2D eigenvalue weighted by Crippen LogP contribution is -2.21. The van der Waals surface area contributed by atoms with E-state index in [4.69, 9.17) is 9.47 Å². The second-order valence-corrected chi connectivity index (χ2v) is 6.47. The van der Waals surface area contributed by atoms with E-state index in [1.165, 1.54) is 0 Å². The summed E-state index contributed by atoms with van der Waals surface area (Å²) in [5, 5.41) is 0.499. The van der Waals surface area contributed by atoms with Crippen LogP contribution >= 0.6 is 0 Å². The summed E-state index contributed by atoms with van der Waals surface area (Å²) >= 11 is 0. The van der Waals surface area contributed by atoms with Crippen LogP contribution in [0.5, 0.6) is 11.5 Å². The van der Waals surface area contributed by atoms with E-state index in [0.29, 0.717) is 28.9 Å². The summed E-state index contributed by atoms with van der Waals surface area (Å²) in [7, 11) is 3.11. The first-order valence-corrected chi connectivity index (χ1v) is 8.95. The van der Waals surface area contributed by atoms with Gasteiger partial charge in [-0.1, -0.05) is 48.5 Å². The summed E-state index contributed by atoms with van der Waals surface area (Å²) in [5.41, 5.74) is 3.76. The molecule has 0 saturated carbocycles. The molecule has 0 atom stereocenters. The molecule has 0 spiro atoms. The van der Waals surface area contributed by atoms with Crippen LogP contribution < -0.4 is 15.0 Å². The first-order chi connectivity index (χ1) is 13.7. The predicted octanol–water partition coefficient (Wildman–Crippen LogP) is 4.13. The third-order valence-electron chi connectivity index (χ3n) is 4.72. The van der Waals surface area contributed by atoms with Crippen molar-refractivity contribution in [3.8, 4) is 22.6 Å². The highest BCUT2D eigenvalue weighted by Gasteiger charge is 2.11. The van der Waals surface area contributed by atoms with Gasteiger partial charge in [-0.25, -0.2) is 4.98 Å². The topological polar surface area (TPSA) is 53.4 Å². The second-order valence-electron chi connectivity index (χ2n) is 6.47. The maximum atomic E-state index is 13.0. The molecule has 140 valence electrons. The molecule has 5 heteroatoms. The van der Waals surface area contributed by atoms with Gasteiger partial charge in [-0.2, -0.15) is 0 Å². The predicted molar refractivity (Wildman–Crippen MR) is 110 cm³/mol. The molecule has 0 saturated heterocycles. The van der Waals surface area contributed by atoms with Gasteiger partial charge in [0.05, 0.1) is 38.0 Å². The first-order valence-electron chi connectivity index (χ1n) is 8.95. The molecule has 0 aliphatic carbocycles. The minimum Gasteiger partial charge on any atom is -0.493 e. The van der Waals surface area contributed by atoms with Crippen LogP contribution in [0.2, 0.25) is 0 Å². The van der Waals surface area contributed by atoms with Crippen LogP contribution in [0.1, 0.15) is 5.56 Å². The number of aromatic nitrogens is 2. The molecule has 1 heterocycles. The molecule has 1 aromatic heterocycles. The maximum Gasteiger partial charge on any atom is 0.261 e. The standard InChI is InChI=1S/C23H20N2O3/c1-27-21-12-19-20(13-22(21)28-2)24-15-25(23(19)26)14-16-7-6-10-18(11-16)17-8-4-3-5-9-17/h3-13,15H,14H2,1-2H3. The average molecular weight is 372 g/mol. The number of nitrogens with zero attached hydrogens (tertiary/aromatic N) is 2. The summed E-state index contributed by atoms with van der Waals surface area (Å²) in [6, 6.07) is 21.8. The quantitative estimate of drug-likeness (QED) is 0.529. The summed E-state index contributed by atoms with van der Waals surface area (Å²) in [4.78, 5) is 17.4. The van der Waals surface area contributed by atoms with Crippen molar-refractivity contribution in [2.45, 2.75) is 6.54 Å². The number of fused-ring (bicyclic) bond motifs is 1. The molecule has 5 nitrogen and oxygen atoms in total. The molecule has 0 fully saturated rings. The van der Waals surface area contributed by atoms with Gasteiger partial charge in [-0.15, -0.1) is 0 Å². The fourth-order valence-electron chi connectivity index (χ4n) is 3.27. The van der Waals surface area contributed by atoms with Gasteiger partial charge in [0, 0.05) is 6.07 Å². The molecule has 28 heavy (non-hydrogen) atoms. The van der Waals surface area contributed by atoms with Crippen LogP contribution in [0.3, 0.4) is 0 Å². The van der Waals surface area contributed by atoms with Crippen molar-refractivity contribution in [2.24, 2.45) is 0 Å². The van der Waals surface area contributed by atoms with E-state index < -0.39 is 0 Å². The third-order valence-corrected chi connectivity index (χ3v) is 4.72. The molecule has 3 aromatic carbocycles. The van der Waals surface area contributed by atoms with Crippen molar-refractivity contribution in [1.82, 2.24) is 9.55 Å². The molecule has 0 aliphatic rings. The molecule has 0 bridgehead atoms. The van der Waals surface area contributed by atoms with E-state index in [1.807, 2.05) is 30.3 Å². The van der Waals surface area contributed by atoms with Crippen molar-refractivity contribution in [2.75, 3.05) is 14.2 Å². The molecule has 0 radical (unpaired) electrons. The van der Waals surface area contributed by atoms with Crippen LogP contribution in [0.15, 0.2) is 77.9 Å². The lowest BCUT2D eigenvalue weighted by Gasteiger charge is -2.11. The fraction of sp³-hybridized carbons (Fsp3) is 0.130. The highest BCUT2D eigenvalue weighted by atomic mass is 16.5. The van der Waals surface area contributed by atoms with Gasteiger partial charge in [0.1, 0.15) is 0 Å². The number of benzene rings is 3. The fourth-order valence-corrected chi connectivity index (χ4v) is 3.27. The highest BCUT2D eigenvalue weighted by molar-refractivity contribution is 5.81. The normalized spacial score (nSPS) is 10.8. The summed E-state index contributed by atoms with van der Waals surface area (Å²) in [5.74, 6) is 1.06. The minimum atomic E-state index is -0.115.